The van der Waals surface area contributed by atoms with Crippen molar-refractivity contribution in [1.82, 2.24) is 0 Å². The number of benzene rings is 2. The predicted octanol–water partition coefficient (Wildman–Crippen LogP) is 5.94. The van der Waals surface area contributed by atoms with Crippen molar-refractivity contribution in [2.45, 2.75) is 19.2 Å². The van der Waals surface area contributed by atoms with E-state index >= 15 is 0 Å². The second kappa shape index (κ2) is 5.52. The molecule has 0 spiro atoms. The summed E-state index contributed by atoms with van der Waals surface area (Å²) in [5.74, 6) is 0. The number of alkyl halides is 1. The summed E-state index contributed by atoms with van der Waals surface area (Å²) in [5.41, 5.74) is 4.47. The first-order valence-corrected chi connectivity index (χ1v) is 6.84. The Hall–Kier alpha value is -0.690. The largest absolute Gasteiger partial charge is 0.113 e. The van der Waals surface area contributed by atoms with Crippen LogP contribution in [0.3, 0.4) is 0 Å². The van der Waals surface area contributed by atoms with Crippen LogP contribution in [0.25, 0.3) is 0 Å². The standard InChI is InChI=1S/C15H13Cl3/c1-9-3-5-12(10(2)7-9)15(18)11-4-6-13(16)14(17)8-11/h3-8,15H,1-2H3. The monoisotopic (exact) mass is 298 g/mol. The summed E-state index contributed by atoms with van der Waals surface area (Å²) >= 11 is 18.4. The lowest BCUT2D eigenvalue weighted by atomic mass is 9.98. The van der Waals surface area contributed by atoms with E-state index in [0.717, 1.165) is 11.1 Å². The minimum atomic E-state index is -0.208. The van der Waals surface area contributed by atoms with Gasteiger partial charge < -0.3 is 0 Å². The maximum Gasteiger partial charge on any atom is 0.0838 e. The van der Waals surface area contributed by atoms with Crippen molar-refractivity contribution in [3.05, 3.63) is 68.7 Å². The van der Waals surface area contributed by atoms with Crippen LogP contribution in [0.1, 0.15) is 27.6 Å². The molecular weight excluding hydrogens is 287 g/mol. The first-order valence-electron chi connectivity index (χ1n) is 5.65. The molecule has 0 aliphatic rings. The molecule has 0 radical (unpaired) electrons. The van der Waals surface area contributed by atoms with Crippen molar-refractivity contribution in [2.24, 2.45) is 0 Å². The van der Waals surface area contributed by atoms with Gasteiger partial charge in [-0.25, -0.2) is 0 Å². The topological polar surface area (TPSA) is 0 Å². The van der Waals surface area contributed by atoms with Gasteiger partial charge in [0.25, 0.3) is 0 Å². The fourth-order valence-electron chi connectivity index (χ4n) is 1.96. The van der Waals surface area contributed by atoms with E-state index in [1.165, 1.54) is 11.1 Å². The molecule has 0 saturated carbocycles. The summed E-state index contributed by atoms with van der Waals surface area (Å²) in [6.45, 7) is 4.13. The molecule has 2 aromatic rings. The van der Waals surface area contributed by atoms with E-state index in [1.807, 2.05) is 12.1 Å². The molecule has 0 saturated heterocycles. The summed E-state index contributed by atoms with van der Waals surface area (Å²) in [7, 11) is 0. The first kappa shape index (κ1) is 13.7. The Balaban J connectivity index is 2.41. The van der Waals surface area contributed by atoms with Gasteiger partial charge in [-0.05, 0) is 42.7 Å². The van der Waals surface area contributed by atoms with Crippen LogP contribution in [0.4, 0.5) is 0 Å². The Morgan fingerprint density at radius 1 is 0.889 bits per heavy atom. The van der Waals surface area contributed by atoms with Gasteiger partial charge in [-0.3, -0.25) is 0 Å². The third kappa shape index (κ3) is 2.83. The molecule has 0 bridgehead atoms. The van der Waals surface area contributed by atoms with E-state index in [2.05, 4.69) is 32.0 Å². The number of hydrogen-bond acceptors (Lipinski definition) is 0. The van der Waals surface area contributed by atoms with E-state index in [9.17, 15) is 0 Å². The van der Waals surface area contributed by atoms with Crippen LogP contribution >= 0.6 is 34.8 Å². The molecule has 0 heterocycles. The van der Waals surface area contributed by atoms with Gasteiger partial charge in [-0.1, -0.05) is 53.0 Å². The Kier molecular flexibility index (Phi) is 4.21. The lowest BCUT2D eigenvalue weighted by molar-refractivity contribution is 1.10. The van der Waals surface area contributed by atoms with E-state index in [4.69, 9.17) is 34.8 Å². The molecule has 2 rings (SSSR count). The molecule has 0 N–H and O–H groups in total. The molecule has 2 aromatic carbocycles. The van der Waals surface area contributed by atoms with Crippen molar-refractivity contribution in [3.8, 4) is 0 Å². The summed E-state index contributed by atoms with van der Waals surface area (Å²) in [6, 6.07) is 11.8. The summed E-state index contributed by atoms with van der Waals surface area (Å²) in [4.78, 5) is 0. The lowest BCUT2D eigenvalue weighted by Crippen LogP contribution is -1.97. The molecule has 1 unspecified atom stereocenters. The minimum Gasteiger partial charge on any atom is -0.113 e. The maximum atomic E-state index is 6.51. The van der Waals surface area contributed by atoms with E-state index < -0.39 is 0 Å². The van der Waals surface area contributed by atoms with Crippen LogP contribution in [-0.2, 0) is 0 Å². The molecule has 0 nitrogen and oxygen atoms in total. The van der Waals surface area contributed by atoms with Gasteiger partial charge in [0.05, 0.1) is 15.4 Å². The molecule has 0 aliphatic carbocycles. The summed E-state index contributed by atoms with van der Waals surface area (Å²) in [6.07, 6.45) is 0. The van der Waals surface area contributed by atoms with Gasteiger partial charge in [-0.15, -0.1) is 11.6 Å². The molecule has 0 amide bonds. The van der Waals surface area contributed by atoms with E-state index in [0.29, 0.717) is 10.0 Å². The Labute approximate surface area is 122 Å². The van der Waals surface area contributed by atoms with Gasteiger partial charge in [-0.2, -0.15) is 0 Å². The van der Waals surface area contributed by atoms with Crippen molar-refractivity contribution < 1.29 is 0 Å². The van der Waals surface area contributed by atoms with Crippen LogP contribution in [0.15, 0.2) is 36.4 Å². The third-order valence-corrected chi connectivity index (χ3v) is 4.16. The first-order chi connectivity index (χ1) is 8.49. The predicted molar refractivity (Wildman–Crippen MR) is 80.1 cm³/mol. The van der Waals surface area contributed by atoms with Gasteiger partial charge >= 0.3 is 0 Å². The number of rotatable bonds is 2. The van der Waals surface area contributed by atoms with Crippen molar-refractivity contribution in [3.63, 3.8) is 0 Å². The van der Waals surface area contributed by atoms with E-state index in [1.54, 1.807) is 6.07 Å². The molecule has 0 fully saturated rings. The molecule has 0 aliphatic heterocycles. The zero-order valence-electron chi connectivity index (χ0n) is 10.2. The number of halogens is 3. The van der Waals surface area contributed by atoms with Crippen molar-refractivity contribution >= 4 is 34.8 Å². The fourth-order valence-corrected chi connectivity index (χ4v) is 2.65. The van der Waals surface area contributed by atoms with Gasteiger partial charge in [0.15, 0.2) is 0 Å². The molecule has 0 aromatic heterocycles. The summed E-state index contributed by atoms with van der Waals surface area (Å²) < 4.78 is 0. The second-order valence-corrected chi connectivity index (χ2v) is 5.65. The highest BCUT2D eigenvalue weighted by molar-refractivity contribution is 6.42. The minimum absolute atomic E-state index is 0.208. The van der Waals surface area contributed by atoms with Gasteiger partial charge in [0, 0.05) is 0 Å². The molecule has 1 atom stereocenters. The fraction of sp³-hybridized carbons (Fsp3) is 0.200. The van der Waals surface area contributed by atoms with Crippen molar-refractivity contribution in [2.75, 3.05) is 0 Å². The Morgan fingerprint density at radius 2 is 1.61 bits per heavy atom. The smallest absolute Gasteiger partial charge is 0.0838 e. The van der Waals surface area contributed by atoms with Crippen LogP contribution in [-0.4, -0.2) is 0 Å². The Bertz CT molecular complexity index is 576. The second-order valence-electron chi connectivity index (χ2n) is 4.40. The molecule has 18 heavy (non-hydrogen) atoms. The average molecular weight is 300 g/mol. The molecule has 3 heteroatoms. The highest BCUT2D eigenvalue weighted by Crippen LogP contribution is 2.34. The van der Waals surface area contributed by atoms with Gasteiger partial charge in [0.2, 0.25) is 0 Å². The van der Waals surface area contributed by atoms with Crippen molar-refractivity contribution in [1.29, 1.82) is 0 Å². The third-order valence-electron chi connectivity index (χ3n) is 2.93. The average Bonchev–Trinajstić information content (AvgIpc) is 2.32. The normalized spacial score (nSPS) is 12.5. The van der Waals surface area contributed by atoms with Crippen LogP contribution in [0.5, 0.6) is 0 Å². The quantitative estimate of drug-likeness (QED) is 0.602. The zero-order chi connectivity index (χ0) is 13.3. The maximum absolute atomic E-state index is 6.51. The van der Waals surface area contributed by atoms with Crippen LogP contribution in [0, 0.1) is 13.8 Å². The number of hydrogen-bond donors (Lipinski definition) is 0. The summed E-state index contributed by atoms with van der Waals surface area (Å²) in [5, 5.41) is 0.870. The highest BCUT2D eigenvalue weighted by atomic mass is 35.5. The molecular formula is C15H13Cl3. The number of aryl methyl sites for hydroxylation is 2. The SMILES string of the molecule is Cc1ccc(C(Cl)c2ccc(Cl)c(Cl)c2)c(C)c1. The highest BCUT2D eigenvalue weighted by Gasteiger charge is 2.14. The van der Waals surface area contributed by atoms with Crippen LogP contribution < -0.4 is 0 Å². The lowest BCUT2D eigenvalue weighted by Gasteiger charge is -2.14. The zero-order valence-corrected chi connectivity index (χ0v) is 12.4. The van der Waals surface area contributed by atoms with Crippen LogP contribution in [0.2, 0.25) is 10.0 Å². The van der Waals surface area contributed by atoms with E-state index in [-0.39, 0.29) is 5.38 Å². The Morgan fingerprint density at radius 3 is 2.22 bits per heavy atom. The van der Waals surface area contributed by atoms with Gasteiger partial charge in [0.1, 0.15) is 0 Å². The molecule has 94 valence electrons.